The van der Waals surface area contributed by atoms with Crippen LogP contribution < -0.4 is 5.32 Å². The van der Waals surface area contributed by atoms with E-state index in [1.807, 2.05) is 0 Å². The zero-order valence-electron chi connectivity index (χ0n) is 18.5. The molecule has 4 rings (SSSR count). The third kappa shape index (κ3) is 5.18. The molecule has 0 saturated heterocycles. The summed E-state index contributed by atoms with van der Waals surface area (Å²) in [6, 6.07) is 18.0. The zero-order valence-corrected chi connectivity index (χ0v) is 19.3. The number of rotatable bonds is 12. The lowest BCUT2D eigenvalue weighted by Gasteiger charge is -2.08. The van der Waals surface area contributed by atoms with E-state index >= 15 is 0 Å². The number of benzene rings is 2. The first-order valence-electron chi connectivity index (χ1n) is 11.3. The molecule has 0 unspecified atom stereocenters. The monoisotopic (exact) mass is 436 g/mol. The summed E-state index contributed by atoms with van der Waals surface area (Å²) < 4.78 is 13.5. The van der Waals surface area contributed by atoms with E-state index in [4.69, 9.17) is 9.47 Å². The maximum atomic E-state index is 5.62. The minimum absolute atomic E-state index is 0.664. The summed E-state index contributed by atoms with van der Waals surface area (Å²) in [4.78, 5) is 1.32. The molecule has 0 spiro atoms. The van der Waals surface area contributed by atoms with Crippen LogP contribution in [0.3, 0.4) is 0 Å². The number of aromatic nitrogens is 1. The molecule has 2 heterocycles. The summed E-state index contributed by atoms with van der Waals surface area (Å²) in [5, 5.41) is 8.29. The van der Waals surface area contributed by atoms with Gasteiger partial charge < -0.3 is 19.4 Å². The van der Waals surface area contributed by atoms with Gasteiger partial charge in [0.25, 0.3) is 0 Å². The number of aryl methyl sites for hydroxylation is 1. The largest absolute Gasteiger partial charge is 0.379 e. The first kappa shape index (κ1) is 22.0. The second-order valence-corrected chi connectivity index (χ2v) is 8.65. The Morgan fingerprint density at radius 1 is 0.871 bits per heavy atom. The highest BCUT2D eigenvalue weighted by molar-refractivity contribution is 7.13. The third-order valence-electron chi connectivity index (χ3n) is 5.53. The first-order chi connectivity index (χ1) is 15.3. The van der Waals surface area contributed by atoms with Gasteiger partial charge in [-0.25, -0.2) is 0 Å². The molecule has 31 heavy (non-hydrogen) atoms. The molecule has 0 saturated carbocycles. The van der Waals surface area contributed by atoms with Crippen LogP contribution in [0.5, 0.6) is 0 Å². The highest BCUT2D eigenvalue weighted by atomic mass is 32.1. The average Bonchev–Trinajstić information content (AvgIpc) is 3.44. The number of nitrogens with zero attached hydrogens (tertiary/aromatic N) is 1. The topological polar surface area (TPSA) is 35.4 Å². The number of fused-ring (bicyclic) bond motifs is 3. The van der Waals surface area contributed by atoms with Gasteiger partial charge >= 0.3 is 0 Å². The molecule has 2 aromatic heterocycles. The van der Waals surface area contributed by atoms with Crippen molar-refractivity contribution in [1.82, 2.24) is 9.88 Å². The van der Waals surface area contributed by atoms with Gasteiger partial charge in [0.05, 0.1) is 19.8 Å². The zero-order chi connectivity index (χ0) is 21.5. The standard InChI is InChI=1S/C26H32N2O2S/c1-3-12-29-14-15-30-13-11-27-19-20-7-10-24-23(17-20)22-9-8-21(26-6-5-16-31-26)18-25(22)28(24)4-2/h5-10,16-18,27H,3-4,11-15,19H2,1-2H3. The average molecular weight is 437 g/mol. The molecule has 0 aliphatic carbocycles. The number of thiophene rings is 1. The lowest BCUT2D eigenvalue weighted by atomic mass is 10.1. The van der Waals surface area contributed by atoms with E-state index < -0.39 is 0 Å². The van der Waals surface area contributed by atoms with Crippen LogP contribution >= 0.6 is 11.3 Å². The highest BCUT2D eigenvalue weighted by Gasteiger charge is 2.12. The summed E-state index contributed by atoms with van der Waals surface area (Å²) in [5.74, 6) is 0. The molecule has 2 aromatic carbocycles. The minimum atomic E-state index is 0.664. The van der Waals surface area contributed by atoms with Crippen molar-refractivity contribution in [1.29, 1.82) is 0 Å². The van der Waals surface area contributed by atoms with Crippen molar-refractivity contribution < 1.29 is 9.47 Å². The molecule has 0 atom stereocenters. The molecule has 164 valence electrons. The van der Waals surface area contributed by atoms with Crippen molar-refractivity contribution in [3.8, 4) is 10.4 Å². The van der Waals surface area contributed by atoms with E-state index in [0.29, 0.717) is 19.8 Å². The summed E-state index contributed by atoms with van der Waals surface area (Å²) in [6.45, 7) is 9.85. The van der Waals surface area contributed by atoms with Gasteiger partial charge in [-0.1, -0.05) is 31.2 Å². The van der Waals surface area contributed by atoms with E-state index in [1.54, 1.807) is 11.3 Å². The van der Waals surface area contributed by atoms with Crippen LogP contribution in [0.1, 0.15) is 25.8 Å². The second kappa shape index (κ2) is 10.9. The fraction of sp³-hybridized carbons (Fsp3) is 0.385. The van der Waals surface area contributed by atoms with Gasteiger partial charge in [-0.15, -0.1) is 11.3 Å². The molecule has 1 N–H and O–H groups in total. The fourth-order valence-corrected chi connectivity index (χ4v) is 4.76. The molecule has 4 nitrogen and oxygen atoms in total. The Bertz CT molecular complexity index is 1100. The third-order valence-corrected chi connectivity index (χ3v) is 6.44. The van der Waals surface area contributed by atoms with E-state index in [0.717, 1.165) is 32.7 Å². The Morgan fingerprint density at radius 3 is 2.52 bits per heavy atom. The van der Waals surface area contributed by atoms with Gasteiger partial charge in [0.15, 0.2) is 0 Å². The second-order valence-electron chi connectivity index (χ2n) is 7.71. The summed E-state index contributed by atoms with van der Waals surface area (Å²) in [5.41, 5.74) is 5.21. The lowest BCUT2D eigenvalue weighted by molar-refractivity contribution is 0.0490. The molecule has 5 heteroatoms. The normalized spacial score (nSPS) is 11.7. The van der Waals surface area contributed by atoms with E-state index in [1.165, 1.54) is 37.8 Å². The van der Waals surface area contributed by atoms with Crippen molar-refractivity contribution in [2.75, 3.05) is 33.0 Å². The van der Waals surface area contributed by atoms with E-state index in [2.05, 4.69) is 77.6 Å². The van der Waals surface area contributed by atoms with Crippen LogP contribution in [0.25, 0.3) is 32.2 Å². The molecule has 0 fully saturated rings. The molecular weight excluding hydrogens is 404 g/mol. The van der Waals surface area contributed by atoms with Crippen molar-refractivity contribution in [2.24, 2.45) is 0 Å². The predicted molar refractivity (Wildman–Crippen MR) is 132 cm³/mol. The van der Waals surface area contributed by atoms with Crippen molar-refractivity contribution in [3.05, 3.63) is 59.5 Å². The number of nitrogens with one attached hydrogen (secondary N) is 1. The lowest BCUT2D eigenvalue weighted by Crippen LogP contribution is -2.20. The summed E-state index contributed by atoms with van der Waals surface area (Å²) >= 11 is 1.79. The molecule has 0 amide bonds. The Hall–Kier alpha value is -2.18. The Balaban J connectivity index is 1.43. The van der Waals surface area contributed by atoms with Gasteiger partial charge in [-0.3, -0.25) is 0 Å². The number of hydrogen-bond donors (Lipinski definition) is 1. The number of ether oxygens (including phenoxy) is 2. The molecular formula is C26H32N2O2S. The summed E-state index contributed by atoms with van der Waals surface area (Å²) in [7, 11) is 0. The molecule has 0 bridgehead atoms. The van der Waals surface area contributed by atoms with Crippen LogP contribution in [0.15, 0.2) is 53.9 Å². The Labute approximate surface area is 188 Å². The van der Waals surface area contributed by atoms with Crippen molar-refractivity contribution >= 4 is 33.1 Å². The van der Waals surface area contributed by atoms with Crippen LogP contribution in [-0.4, -0.2) is 37.5 Å². The van der Waals surface area contributed by atoms with Crippen molar-refractivity contribution in [3.63, 3.8) is 0 Å². The van der Waals surface area contributed by atoms with Gasteiger partial charge in [-0.2, -0.15) is 0 Å². The van der Waals surface area contributed by atoms with Gasteiger partial charge in [0.1, 0.15) is 0 Å². The Kier molecular flexibility index (Phi) is 7.76. The number of hydrogen-bond acceptors (Lipinski definition) is 4. The maximum absolute atomic E-state index is 5.62. The van der Waals surface area contributed by atoms with Crippen molar-refractivity contribution in [2.45, 2.75) is 33.4 Å². The first-order valence-corrected chi connectivity index (χ1v) is 12.1. The fourth-order valence-electron chi connectivity index (χ4n) is 4.04. The smallest absolute Gasteiger partial charge is 0.0701 e. The van der Waals surface area contributed by atoms with Gasteiger partial charge in [0.2, 0.25) is 0 Å². The molecule has 4 aromatic rings. The van der Waals surface area contributed by atoms with E-state index in [-0.39, 0.29) is 0 Å². The maximum Gasteiger partial charge on any atom is 0.0701 e. The highest BCUT2D eigenvalue weighted by Crippen LogP contribution is 2.34. The Morgan fingerprint density at radius 2 is 1.74 bits per heavy atom. The predicted octanol–water partition coefficient (Wildman–Crippen LogP) is 6.08. The summed E-state index contributed by atoms with van der Waals surface area (Å²) in [6.07, 6.45) is 1.05. The minimum Gasteiger partial charge on any atom is -0.379 e. The van der Waals surface area contributed by atoms with E-state index in [9.17, 15) is 0 Å². The van der Waals surface area contributed by atoms with Gasteiger partial charge in [0, 0.05) is 52.9 Å². The molecule has 0 radical (unpaired) electrons. The van der Waals surface area contributed by atoms with Gasteiger partial charge in [-0.05, 0) is 54.1 Å². The molecule has 0 aliphatic heterocycles. The van der Waals surface area contributed by atoms with Crippen LogP contribution in [0.2, 0.25) is 0 Å². The van der Waals surface area contributed by atoms with Crippen LogP contribution in [0.4, 0.5) is 0 Å². The molecule has 0 aliphatic rings. The quantitative estimate of drug-likeness (QED) is 0.274. The van der Waals surface area contributed by atoms with Crippen LogP contribution in [-0.2, 0) is 22.6 Å². The van der Waals surface area contributed by atoms with Crippen LogP contribution in [0, 0.1) is 0 Å². The SMILES string of the molecule is CCCOCCOCCNCc1ccc2c(c1)c1ccc(-c3cccs3)cc1n2CC.